The van der Waals surface area contributed by atoms with Crippen LogP contribution in [0.2, 0.25) is 0 Å². The van der Waals surface area contributed by atoms with Crippen molar-refractivity contribution >= 4 is 22.4 Å². The number of likely N-dealkylation sites (N-methyl/N-ethyl adjacent to an activating group) is 1. The summed E-state index contributed by atoms with van der Waals surface area (Å²) < 4.78 is 1.88. The Morgan fingerprint density at radius 3 is 2.73 bits per heavy atom. The minimum absolute atomic E-state index is 0.128. The van der Waals surface area contributed by atoms with Crippen LogP contribution in [0.4, 0.5) is 5.13 Å². The number of quaternary nitrogens is 1. The molecule has 6 nitrogen and oxygen atoms in total. The smallest absolute Gasteiger partial charge is 0.257 e. The van der Waals surface area contributed by atoms with Gasteiger partial charge in [-0.05, 0) is 44.2 Å². The Labute approximate surface area is 156 Å². The first-order valence-electron chi connectivity index (χ1n) is 8.74. The van der Waals surface area contributed by atoms with E-state index in [1.807, 2.05) is 48.9 Å². The van der Waals surface area contributed by atoms with Gasteiger partial charge in [-0.25, -0.2) is 9.67 Å². The van der Waals surface area contributed by atoms with E-state index in [4.69, 9.17) is 0 Å². The van der Waals surface area contributed by atoms with Crippen molar-refractivity contribution < 1.29 is 9.69 Å². The molecular weight excluding hydrogens is 346 g/mol. The molecule has 26 heavy (non-hydrogen) atoms. The Morgan fingerprint density at radius 2 is 2.04 bits per heavy atom. The predicted molar refractivity (Wildman–Crippen MR) is 102 cm³/mol. The van der Waals surface area contributed by atoms with E-state index in [9.17, 15) is 4.79 Å². The molecule has 0 radical (unpaired) electrons. The topological polar surface area (TPSA) is 64.2 Å². The summed E-state index contributed by atoms with van der Waals surface area (Å²) in [6.07, 6.45) is 0.977. The van der Waals surface area contributed by atoms with Gasteiger partial charge in [0.2, 0.25) is 0 Å². The predicted octanol–water partition coefficient (Wildman–Crippen LogP) is 1.77. The van der Waals surface area contributed by atoms with E-state index in [1.54, 1.807) is 11.3 Å². The lowest BCUT2D eigenvalue weighted by atomic mass is 10.2. The molecule has 2 N–H and O–H groups in total. The lowest BCUT2D eigenvalue weighted by Gasteiger charge is -2.17. The molecular formula is C19H22N5OS+. The zero-order chi connectivity index (χ0) is 18.3. The molecule has 0 saturated heterocycles. The number of amides is 1. The van der Waals surface area contributed by atoms with Crippen LogP contribution in [-0.2, 0) is 13.0 Å². The molecule has 1 atom stereocenters. The van der Waals surface area contributed by atoms with Crippen molar-refractivity contribution in [2.24, 2.45) is 0 Å². The standard InChI is InChI=1S/C19H21N5OS/c1-12-10-13(2)24(22-12)15-6-4-14(5-7-15)18(25)21-19-20-16-8-9-23(3)11-17(16)26-19/h4-7,10H,8-9,11H2,1-3H3,(H,20,21,25)/p+1. The first kappa shape index (κ1) is 16.9. The first-order valence-corrected chi connectivity index (χ1v) is 9.56. The molecule has 134 valence electrons. The summed E-state index contributed by atoms with van der Waals surface area (Å²) in [5.41, 5.74) is 4.74. The first-order chi connectivity index (χ1) is 12.5. The SMILES string of the molecule is Cc1cc(C)n(-c2ccc(C(=O)Nc3nc4c(s3)C[NH+](C)CC4)cc2)n1. The molecule has 7 heteroatoms. The highest BCUT2D eigenvalue weighted by Gasteiger charge is 2.21. The summed E-state index contributed by atoms with van der Waals surface area (Å²) in [5.74, 6) is -0.128. The Morgan fingerprint density at radius 1 is 1.27 bits per heavy atom. The zero-order valence-electron chi connectivity index (χ0n) is 15.2. The van der Waals surface area contributed by atoms with Crippen LogP contribution < -0.4 is 10.2 Å². The molecule has 0 fully saturated rings. The second-order valence-corrected chi connectivity index (χ2v) is 7.95. The van der Waals surface area contributed by atoms with Gasteiger partial charge in [0.1, 0.15) is 6.54 Å². The highest BCUT2D eigenvalue weighted by molar-refractivity contribution is 7.15. The number of nitrogens with zero attached hydrogens (tertiary/aromatic N) is 3. The van der Waals surface area contributed by atoms with Gasteiger partial charge in [0.25, 0.3) is 5.91 Å². The molecule has 0 spiro atoms. The summed E-state index contributed by atoms with van der Waals surface area (Å²) >= 11 is 1.59. The van der Waals surface area contributed by atoms with Gasteiger partial charge in [-0.2, -0.15) is 5.10 Å². The quantitative estimate of drug-likeness (QED) is 0.741. The van der Waals surface area contributed by atoms with Crippen molar-refractivity contribution in [3.63, 3.8) is 0 Å². The largest absolute Gasteiger partial charge is 0.333 e. The average molecular weight is 368 g/mol. The normalized spacial score (nSPS) is 16.3. The summed E-state index contributed by atoms with van der Waals surface area (Å²) in [4.78, 5) is 19.9. The zero-order valence-corrected chi connectivity index (χ0v) is 16.0. The van der Waals surface area contributed by atoms with E-state index in [0.717, 1.165) is 42.3 Å². The third kappa shape index (κ3) is 3.27. The van der Waals surface area contributed by atoms with Crippen LogP contribution in [0.3, 0.4) is 0 Å². The number of benzene rings is 1. The number of aromatic nitrogens is 3. The molecule has 1 aromatic carbocycles. The van der Waals surface area contributed by atoms with Crippen LogP contribution >= 0.6 is 11.3 Å². The highest BCUT2D eigenvalue weighted by Crippen LogP contribution is 2.24. The molecule has 1 unspecified atom stereocenters. The molecule has 1 aliphatic heterocycles. The lowest BCUT2D eigenvalue weighted by molar-refractivity contribution is -0.895. The molecule has 1 aliphatic rings. The summed E-state index contributed by atoms with van der Waals surface area (Å²) in [6.45, 7) is 6.07. The number of hydrogen-bond acceptors (Lipinski definition) is 4. The van der Waals surface area contributed by atoms with Crippen molar-refractivity contribution in [1.29, 1.82) is 0 Å². The van der Waals surface area contributed by atoms with Gasteiger partial charge in [-0.3, -0.25) is 10.1 Å². The maximum absolute atomic E-state index is 12.5. The highest BCUT2D eigenvalue weighted by atomic mass is 32.1. The number of rotatable bonds is 3. The molecule has 3 aromatic rings. The molecule has 2 aromatic heterocycles. The number of carbonyl (C=O) groups excluding carboxylic acids is 1. The van der Waals surface area contributed by atoms with Crippen molar-refractivity contribution in [3.8, 4) is 5.69 Å². The minimum Gasteiger partial charge on any atom is -0.333 e. The maximum atomic E-state index is 12.5. The van der Waals surface area contributed by atoms with Gasteiger partial charge in [-0.15, -0.1) is 0 Å². The van der Waals surface area contributed by atoms with Crippen LogP contribution in [0.25, 0.3) is 5.69 Å². The number of hydrogen-bond donors (Lipinski definition) is 2. The third-order valence-corrected chi connectivity index (χ3v) is 5.65. The fourth-order valence-electron chi connectivity index (χ4n) is 3.28. The Bertz CT molecular complexity index is 957. The molecule has 0 aliphatic carbocycles. The second-order valence-electron chi connectivity index (χ2n) is 6.86. The summed E-state index contributed by atoms with van der Waals surface area (Å²) in [5, 5.41) is 8.11. The van der Waals surface area contributed by atoms with Crippen LogP contribution in [0, 0.1) is 13.8 Å². The van der Waals surface area contributed by atoms with Crippen molar-refractivity contribution in [1.82, 2.24) is 14.8 Å². The number of fused-ring (bicyclic) bond motifs is 1. The molecule has 4 rings (SSSR count). The number of anilines is 1. The van der Waals surface area contributed by atoms with Crippen molar-refractivity contribution in [3.05, 3.63) is 57.9 Å². The second kappa shape index (κ2) is 6.66. The van der Waals surface area contributed by atoms with E-state index in [0.29, 0.717) is 10.7 Å². The van der Waals surface area contributed by atoms with Gasteiger partial charge < -0.3 is 4.90 Å². The van der Waals surface area contributed by atoms with E-state index >= 15 is 0 Å². The fraction of sp³-hybridized carbons (Fsp3) is 0.316. The van der Waals surface area contributed by atoms with Gasteiger partial charge in [-0.1, -0.05) is 11.3 Å². The van der Waals surface area contributed by atoms with Gasteiger partial charge in [0.15, 0.2) is 5.13 Å². The summed E-state index contributed by atoms with van der Waals surface area (Å²) in [6, 6.07) is 9.52. The molecule has 0 bridgehead atoms. The molecule has 0 saturated carbocycles. The molecule has 1 amide bonds. The van der Waals surface area contributed by atoms with E-state index in [1.165, 1.54) is 9.78 Å². The number of nitrogens with one attached hydrogen (secondary N) is 2. The van der Waals surface area contributed by atoms with E-state index in [-0.39, 0.29) is 5.91 Å². The van der Waals surface area contributed by atoms with Gasteiger partial charge in [0, 0.05) is 17.7 Å². The summed E-state index contributed by atoms with van der Waals surface area (Å²) in [7, 11) is 2.19. The number of thiazole rings is 1. The van der Waals surface area contributed by atoms with Gasteiger partial charge in [0.05, 0.1) is 35.5 Å². The van der Waals surface area contributed by atoms with E-state index < -0.39 is 0 Å². The minimum atomic E-state index is -0.128. The van der Waals surface area contributed by atoms with Crippen LogP contribution in [-0.4, -0.2) is 34.3 Å². The Balaban J connectivity index is 1.49. The van der Waals surface area contributed by atoms with E-state index in [2.05, 4.69) is 22.4 Å². The fourth-order valence-corrected chi connectivity index (χ4v) is 4.40. The lowest BCUT2D eigenvalue weighted by Crippen LogP contribution is -3.08. The van der Waals surface area contributed by atoms with Gasteiger partial charge >= 0.3 is 0 Å². The third-order valence-electron chi connectivity index (χ3n) is 4.63. The molecule has 3 heterocycles. The van der Waals surface area contributed by atoms with Crippen LogP contribution in [0.1, 0.15) is 32.3 Å². The number of aryl methyl sites for hydroxylation is 2. The van der Waals surface area contributed by atoms with Crippen LogP contribution in [0.5, 0.6) is 0 Å². The van der Waals surface area contributed by atoms with Crippen molar-refractivity contribution in [2.75, 3.05) is 18.9 Å². The Hall–Kier alpha value is -2.51. The van der Waals surface area contributed by atoms with Crippen molar-refractivity contribution in [2.45, 2.75) is 26.8 Å². The average Bonchev–Trinajstić information content (AvgIpc) is 3.16. The maximum Gasteiger partial charge on any atom is 0.257 e. The number of carbonyl (C=O) groups is 1. The monoisotopic (exact) mass is 368 g/mol. The Kier molecular flexibility index (Phi) is 4.34. The van der Waals surface area contributed by atoms with Crippen LogP contribution in [0.15, 0.2) is 30.3 Å².